The number of rotatable bonds is 3. The molecule has 40 heavy (non-hydrogen) atoms. The molecule has 3 heteroatoms. The van der Waals surface area contributed by atoms with Crippen molar-refractivity contribution in [3.63, 3.8) is 0 Å². The van der Waals surface area contributed by atoms with Crippen LogP contribution in [-0.2, 0) is 0 Å². The molecule has 186 valence electrons. The van der Waals surface area contributed by atoms with E-state index in [2.05, 4.69) is 115 Å². The predicted octanol–water partition coefficient (Wildman–Crippen LogP) is 11.3. The maximum atomic E-state index is 10.5. The summed E-state index contributed by atoms with van der Waals surface area (Å²) in [6.07, 6.45) is 0. The molecule has 0 saturated heterocycles. The highest BCUT2D eigenvalue weighted by Gasteiger charge is 2.17. The van der Waals surface area contributed by atoms with E-state index in [1.807, 2.05) is 29.5 Å². The van der Waals surface area contributed by atoms with Gasteiger partial charge in [-0.15, -0.1) is 22.7 Å². The summed E-state index contributed by atoms with van der Waals surface area (Å²) in [6, 6.07) is 47.8. The second-order valence-electron chi connectivity index (χ2n) is 10.0. The minimum Gasteiger partial charge on any atom is -0.192 e. The van der Waals surface area contributed by atoms with E-state index in [4.69, 9.17) is 0 Å². The summed E-state index contributed by atoms with van der Waals surface area (Å²) in [7, 11) is 0. The Morgan fingerprint density at radius 2 is 0.975 bits per heavy atom. The molecule has 0 amide bonds. The first-order valence-corrected chi connectivity index (χ1v) is 14.9. The highest BCUT2D eigenvalue weighted by molar-refractivity contribution is 7.26. The average Bonchev–Trinajstić information content (AvgIpc) is 3.58. The summed E-state index contributed by atoms with van der Waals surface area (Å²) in [5.41, 5.74) is 7.01. The van der Waals surface area contributed by atoms with Crippen LogP contribution in [0.1, 0.15) is 5.56 Å². The van der Waals surface area contributed by atoms with Crippen LogP contribution < -0.4 is 0 Å². The van der Waals surface area contributed by atoms with Crippen molar-refractivity contribution in [2.75, 3.05) is 0 Å². The number of nitrogens with zero attached hydrogens (tertiary/aromatic N) is 1. The van der Waals surface area contributed by atoms with Gasteiger partial charge in [-0.3, -0.25) is 0 Å². The summed E-state index contributed by atoms with van der Waals surface area (Å²) in [4.78, 5) is 0. The zero-order chi connectivity index (χ0) is 26.6. The third kappa shape index (κ3) is 3.66. The van der Waals surface area contributed by atoms with E-state index in [-0.39, 0.29) is 0 Å². The quantitative estimate of drug-likeness (QED) is 0.217. The van der Waals surface area contributed by atoms with Gasteiger partial charge in [0, 0.05) is 51.5 Å². The summed E-state index contributed by atoms with van der Waals surface area (Å²) in [5, 5.41) is 15.6. The molecular weight excluding hydrogens is 523 g/mol. The molecule has 8 rings (SSSR count). The Kier molecular flexibility index (Phi) is 5.31. The Labute approximate surface area is 239 Å². The number of benzene rings is 6. The van der Waals surface area contributed by atoms with Gasteiger partial charge in [-0.25, -0.2) is 0 Å². The Hall–Kier alpha value is -4.75. The first-order valence-electron chi connectivity index (χ1n) is 13.2. The maximum Gasteiger partial charge on any atom is 0.100 e. The molecule has 1 nitrogen and oxygen atoms in total. The fraction of sp³-hybridized carbons (Fsp3) is 0. The fourth-order valence-electron chi connectivity index (χ4n) is 5.80. The lowest BCUT2D eigenvalue weighted by Gasteiger charge is -2.15. The van der Waals surface area contributed by atoms with Gasteiger partial charge in [0.2, 0.25) is 0 Å². The number of hydrogen-bond acceptors (Lipinski definition) is 3. The highest BCUT2D eigenvalue weighted by atomic mass is 32.1. The molecule has 8 aromatic rings. The van der Waals surface area contributed by atoms with E-state index >= 15 is 0 Å². The molecule has 0 aliphatic rings. The summed E-state index contributed by atoms with van der Waals surface area (Å²) in [6.45, 7) is 0. The molecule has 6 aromatic carbocycles. The Morgan fingerprint density at radius 1 is 0.400 bits per heavy atom. The lowest BCUT2D eigenvalue weighted by molar-refractivity contribution is 1.47. The van der Waals surface area contributed by atoms with Gasteiger partial charge < -0.3 is 0 Å². The normalized spacial score (nSPS) is 11.5. The van der Waals surface area contributed by atoms with Crippen LogP contribution in [-0.4, -0.2) is 0 Å². The first kappa shape index (κ1) is 23.2. The molecule has 2 heterocycles. The molecule has 0 spiro atoms. The van der Waals surface area contributed by atoms with Gasteiger partial charge in [-0.1, -0.05) is 84.9 Å². The third-order valence-electron chi connectivity index (χ3n) is 7.73. The molecule has 2 aromatic heterocycles. The first-order chi connectivity index (χ1) is 19.8. The van der Waals surface area contributed by atoms with Crippen LogP contribution in [0.2, 0.25) is 0 Å². The number of thiophene rings is 2. The van der Waals surface area contributed by atoms with Crippen molar-refractivity contribution < 1.29 is 0 Å². The SMILES string of the molecule is N#Cc1c(-c2ccccc2)cc(-c2ccc3sc4ccccc4c3c2)cc1-c1ccc2c(c1)sc1ccccc12. The Balaban J connectivity index is 1.39. The third-order valence-corrected chi connectivity index (χ3v) is 10.0. The van der Waals surface area contributed by atoms with Gasteiger partial charge in [-0.2, -0.15) is 5.26 Å². The van der Waals surface area contributed by atoms with Crippen LogP contribution in [0.25, 0.3) is 73.7 Å². The van der Waals surface area contributed by atoms with Crippen molar-refractivity contribution in [2.24, 2.45) is 0 Å². The van der Waals surface area contributed by atoms with Crippen LogP contribution in [0.15, 0.2) is 127 Å². The van der Waals surface area contributed by atoms with Crippen LogP contribution in [0.3, 0.4) is 0 Å². The van der Waals surface area contributed by atoms with Crippen LogP contribution in [0, 0.1) is 11.3 Å². The van der Waals surface area contributed by atoms with E-state index < -0.39 is 0 Å². The van der Waals surface area contributed by atoms with Crippen molar-refractivity contribution >= 4 is 63.0 Å². The molecule has 0 radical (unpaired) electrons. The van der Waals surface area contributed by atoms with E-state index in [9.17, 15) is 5.26 Å². The zero-order valence-electron chi connectivity index (χ0n) is 21.4. The van der Waals surface area contributed by atoms with Gasteiger partial charge in [0.1, 0.15) is 6.07 Å². The Bertz CT molecular complexity index is 2280. The lowest BCUT2D eigenvalue weighted by Crippen LogP contribution is -1.93. The lowest BCUT2D eigenvalue weighted by atomic mass is 9.88. The molecule has 0 fully saturated rings. The second kappa shape index (κ2) is 9.17. The van der Waals surface area contributed by atoms with Crippen molar-refractivity contribution in [3.05, 3.63) is 133 Å². The molecular formula is C37H21NS2. The smallest absolute Gasteiger partial charge is 0.100 e. The molecule has 0 aliphatic heterocycles. The largest absolute Gasteiger partial charge is 0.192 e. The Morgan fingerprint density at radius 3 is 1.73 bits per heavy atom. The van der Waals surface area contributed by atoms with Crippen molar-refractivity contribution in [1.82, 2.24) is 0 Å². The average molecular weight is 544 g/mol. The minimum absolute atomic E-state index is 0.706. The molecule has 0 atom stereocenters. The number of fused-ring (bicyclic) bond motifs is 6. The molecule has 0 bridgehead atoms. The maximum absolute atomic E-state index is 10.5. The monoisotopic (exact) mass is 543 g/mol. The topological polar surface area (TPSA) is 23.8 Å². The molecule has 0 saturated carbocycles. The molecule has 0 N–H and O–H groups in total. The molecule has 0 unspecified atom stereocenters. The second-order valence-corrected chi connectivity index (χ2v) is 12.2. The standard InChI is InChI=1S/C37H21NS2/c38-22-33-30(23-8-2-1-3-9-23)19-26(24-15-17-36-32(18-24)28-11-5-7-13-35(28)39-36)20-31(33)25-14-16-29-27-10-4-6-12-34(27)40-37(29)21-25/h1-21H. The number of nitriles is 1. The summed E-state index contributed by atoms with van der Waals surface area (Å²) >= 11 is 3.64. The van der Waals surface area contributed by atoms with Gasteiger partial charge in [0.15, 0.2) is 0 Å². The predicted molar refractivity (Wildman–Crippen MR) is 173 cm³/mol. The van der Waals surface area contributed by atoms with Crippen LogP contribution >= 0.6 is 22.7 Å². The van der Waals surface area contributed by atoms with Crippen LogP contribution in [0.5, 0.6) is 0 Å². The van der Waals surface area contributed by atoms with Crippen LogP contribution in [0.4, 0.5) is 0 Å². The molecule has 0 aliphatic carbocycles. The fourth-order valence-corrected chi connectivity index (χ4v) is 8.03. The van der Waals surface area contributed by atoms with Gasteiger partial charge in [-0.05, 0) is 64.7 Å². The highest BCUT2D eigenvalue weighted by Crippen LogP contribution is 2.42. The number of hydrogen-bond donors (Lipinski definition) is 0. The minimum atomic E-state index is 0.706. The zero-order valence-corrected chi connectivity index (χ0v) is 23.0. The van der Waals surface area contributed by atoms with E-state index in [0.29, 0.717) is 5.56 Å². The van der Waals surface area contributed by atoms with Crippen molar-refractivity contribution in [2.45, 2.75) is 0 Å². The summed E-state index contributed by atoms with van der Waals surface area (Å²) in [5.74, 6) is 0. The van der Waals surface area contributed by atoms with E-state index in [0.717, 1.165) is 33.4 Å². The van der Waals surface area contributed by atoms with E-state index in [1.165, 1.54) is 40.3 Å². The van der Waals surface area contributed by atoms with Crippen molar-refractivity contribution in [3.8, 4) is 39.4 Å². The summed E-state index contributed by atoms with van der Waals surface area (Å²) < 4.78 is 5.11. The van der Waals surface area contributed by atoms with Crippen molar-refractivity contribution in [1.29, 1.82) is 5.26 Å². The van der Waals surface area contributed by atoms with E-state index in [1.54, 1.807) is 11.3 Å². The van der Waals surface area contributed by atoms with Gasteiger partial charge in [0.25, 0.3) is 0 Å². The van der Waals surface area contributed by atoms with Gasteiger partial charge >= 0.3 is 0 Å². The van der Waals surface area contributed by atoms with Gasteiger partial charge in [0.05, 0.1) is 5.56 Å².